The third-order valence-electron chi connectivity index (χ3n) is 5.43. The van der Waals surface area contributed by atoms with Crippen LogP contribution >= 0.6 is 0 Å². The molecule has 8 heteroatoms. The van der Waals surface area contributed by atoms with Gasteiger partial charge in [-0.2, -0.15) is 0 Å². The Morgan fingerprint density at radius 3 is 2.19 bits per heavy atom. The molecule has 0 bridgehead atoms. The molecule has 1 saturated carbocycles. The first-order valence-corrected chi connectivity index (χ1v) is 9.99. The SMILES string of the molecule is COC(=O)[C@@H](c1cc(F)c(F)c(F)c1)N(C)CC(=O)N[C@@H](c1ccc(C)cc1)C1CC1. The predicted molar refractivity (Wildman–Crippen MR) is 108 cm³/mol. The van der Waals surface area contributed by atoms with Gasteiger partial charge in [0, 0.05) is 0 Å². The van der Waals surface area contributed by atoms with Gasteiger partial charge in [0.2, 0.25) is 5.91 Å². The van der Waals surface area contributed by atoms with Crippen molar-refractivity contribution in [2.24, 2.45) is 5.92 Å². The van der Waals surface area contributed by atoms with Gasteiger partial charge in [0.15, 0.2) is 17.5 Å². The maximum Gasteiger partial charge on any atom is 0.327 e. The summed E-state index contributed by atoms with van der Waals surface area (Å²) < 4.78 is 45.5. The van der Waals surface area contributed by atoms with Gasteiger partial charge < -0.3 is 10.1 Å². The Hall–Kier alpha value is -2.87. The van der Waals surface area contributed by atoms with Gasteiger partial charge in [-0.25, -0.2) is 18.0 Å². The largest absolute Gasteiger partial charge is 0.468 e. The standard InChI is InChI=1S/C23H25F3N2O3/c1-13-4-6-14(7-5-13)21(15-8-9-15)27-19(29)12-28(2)22(23(30)31-3)16-10-17(24)20(26)18(25)11-16/h4-7,10-11,15,21-22H,8-9,12H2,1-3H3,(H,27,29)/t21-,22+/m0/s1. The van der Waals surface area contributed by atoms with Crippen LogP contribution in [-0.2, 0) is 14.3 Å². The number of carbonyl (C=O) groups is 2. The molecule has 1 aliphatic carbocycles. The van der Waals surface area contributed by atoms with Crippen LogP contribution in [0.25, 0.3) is 0 Å². The van der Waals surface area contributed by atoms with Crippen molar-refractivity contribution in [3.8, 4) is 0 Å². The number of hydrogen-bond acceptors (Lipinski definition) is 4. The van der Waals surface area contributed by atoms with Crippen LogP contribution in [0.1, 0.15) is 41.6 Å². The number of carbonyl (C=O) groups excluding carboxylic acids is 2. The highest BCUT2D eigenvalue weighted by Gasteiger charge is 2.35. The van der Waals surface area contributed by atoms with Crippen molar-refractivity contribution in [1.29, 1.82) is 0 Å². The molecule has 1 fully saturated rings. The molecule has 0 spiro atoms. The quantitative estimate of drug-likeness (QED) is 0.507. The number of nitrogens with one attached hydrogen (secondary N) is 1. The molecule has 2 aromatic carbocycles. The van der Waals surface area contributed by atoms with Gasteiger partial charge >= 0.3 is 5.97 Å². The minimum Gasteiger partial charge on any atom is -0.468 e. The Balaban J connectivity index is 1.76. The van der Waals surface area contributed by atoms with Crippen LogP contribution in [0.4, 0.5) is 13.2 Å². The van der Waals surface area contributed by atoms with E-state index in [1.807, 2.05) is 31.2 Å². The summed E-state index contributed by atoms with van der Waals surface area (Å²) in [6.07, 6.45) is 2.02. The molecular weight excluding hydrogens is 409 g/mol. The first kappa shape index (κ1) is 22.8. The van der Waals surface area contributed by atoms with Gasteiger partial charge in [-0.15, -0.1) is 0 Å². The summed E-state index contributed by atoms with van der Waals surface area (Å²) in [4.78, 5) is 26.4. The molecule has 0 saturated heterocycles. The fourth-order valence-corrected chi connectivity index (χ4v) is 3.63. The number of methoxy groups -OCH3 is 1. The summed E-state index contributed by atoms with van der Waals surface area (Å²) in [6.45, 7) is 1.76. The number of likely N-dealkylation sites (N-methyl/N-ethyl adjacent to an activating group) is 1. The number of ether oxygens (including phenoxy) is 1. The maximum absolute atomic E-state index is 13.7. The Kier molecular flexibility index (Phi) is 7.00. The van der Waals surface area contributed by atoms with Crippen LogP contribution in [0.3, 0.4) is 0 Å². The molecule has 0 radical (unpaired) electrons. The molecule has 3 rings (SSSR count). The minimum absolute atomic E-state index is 0.143. The molecule has 1 amide bonds. The molecule has 2 atom stereocenters. The van der Waals surface area contributed by atoms with E-state index < -0.39 is 29.5 Å². The number of hydrogen-bond donors (Lipinski definition) is 1. The van der Waals surface area contributed by atoms with Crippen LogP contribution in [0.15, 0.2) is 36.4 Å². The van der Waals surface area contributed by atoms with Gasteiger partial charge in [0.1, 0.15) is 6.04 Å². The second-order valence-corrected chi connectivity index (χ2v) is 7.93. The van der Waals surface area contributed by atoms with Gasteiger partial charge in [0.25, 0.3) is 0 Å². The molecule has 0 unspecified atom stereocenters. The van der Waals surface area contributed by atoms with E-state index in [1.165, 1.54) is 11.9 Å². The Labute approximate surface area is 179 Å². The number of esters is 1. The van der Waals surface area contributed by atoms with E-state index in [1.54, 1.807) is 0 Å². The fourth-order valence-electron chi connectivity index (χ4n) is 3.63. The highest BCUT2D eigenvalue weighted by molar-refractivity contribution is 5.81. The smallest absolute Gasteiger partial charge is 0.327 e. The van der Waals surface area contributed by atoms with Crippen molar-refractivity contribution < 1.29 is 27.5 Å². The zero-order valence-electron chi connectivity index (χ0n) is 17.6. The van der Waals surface area contributed by atoms with Crippen molar-refractivity contribution in [3.05, 3.63) is 70.5 Å². The number of halogens is 3. The molecule has 166 valence electrons. The van der Waals surface area contributed by atoms with Crippen LogP contribution in [0.5, 0.6) is 0 Å². The number of rotatable bonds is 8. The van der Waals surface area contributed by atoms with Gasteiger partial charge in [-0.05, 0) is 56.0 Å². The summed E-state index contributed by atoms with van der Waals surface area (Å²) in [6, 6.07) is 7.94. The van der Waals surface area contributed by atoms with E-state index in [4.69, 9.17) is 4.74 Å². The highest BCUT2D eigenvalue weighted by atomic mass is 19.2. The lowest BCUT2D eigenvalue weighted by atomic mass is 10.0. The number of amides is 1. The molecule has 2 aromatic rings. The van der Waals surface area contributed by atoms with Gasteiger partial charge in [-0.3, -0.25) is 9.69 Å². The molecule has 1 aliphatic rings. The molecule has 1 N–H and O–H groups in total. The lowest BCUT2D eigenvalue weighted by Crippen LogP contribution is -2.41. The maximum atomic E-state index is 13.7. The molecule has 0 aliphatic heterocycles. The Morgan fingerprint density at radius 1 is 1.10 bits per heavy atom. The van der Waals surface area contributed by atoms with Crippen molar-refractivity contribution in [1.82, 2.24) is 10.2 Å². The second kappa shape index (κ2) is 9.51. The highest BCUT2D eigenvalue weighted by Crippen LogP contribution is 2.41. The zero-order valence-corrected chi connectivity index (χ0v) is 17.6. The number of benzene rings is 2. The van der Waals surface area contributed by atoms with E-state index in [-0.39, 0.29) is 24.1 Å². The molecule has 0 heterocycles. The third kappa shape index (κ3) is 5.44. The topological polar surface area (TPSA) is 58.6 Å². The van der Waals surface area contributed by atoms with Crippen molar-refractivity contribution in [3.63, 3.8) is 0 Å². The Bertz CT molecular complexity index is 938. The molecule has 5 nitrogen and oxygen atoms in total. The van der Waals surface area contributed by atoms with Gasteiger partial charge in [-0.1, -0.05) is 29.8 Å². The predicted octanol–water partition coefficient (Wildman–Crippen LogP) is 3.83. The van der Waals surface area contributed by atoms with Crippen LogP contribution < -0.4 is 5.32 Å². The van der Waals surface area contributed by atoms with E-state index in [2.05, 4.69) is 5.32 Å². The first-order valence-electron chi connectivity index (χ1n) is 9.99. The van der Waals surface area contributed by atoms with E-state index in [9.17, 15) is 22.8 Å². The van der Waals surface area contributed by atoms with E-state index >= 15 is 0 Å². The summed E-state index contributed by atoms with van der Waals surface area (Å²) in [7, 11) is 2.58. The van der Waals surface area contributed by atoms with Crippen molar-refractivity contribution in [2.75, 3.05) is 20.7 Å². The van der Waals surface area contributed by atoms with Crippen LogP contribution in [-0.4, -0.2) is 37.5 Å². The minimum atomic E-state index is -1.63. The van der Waals surface area contributed by atoms with Crippen molar-refractivity contribution >= 4 is 11.9 Å². The number of aryl methyl sites for hydroxylation is 1. The van der Waals surface area contributed by atoms with E-state index in [0.717, 1.165) is 43.2 Å². The van der Waals surface area contributed by atoms with Gasteiger partial charge in [0.05, 0.1) is 19.7 Å². The average Bonchev–Trinajstić information content (AvgIpc) is 3.56. The van der Waals surface area contributed by atoms with Crippen LogP contribution in [0, 0.1) is 30.3 Å². The second-order valence-electron chi connectivity index (χ2n) is 7.93. The first-order chi connectivity index (χ1) is 14.7. The monoisotopic (exact) mass is 434 g/mol. The fraction of sp³-hybridized carbons (Fsp3) is 0.391. The summed E-state index contributed by atoms with van der Waals surface area (Å²) >= 11 is 0. The lowest BCUT2D eigenvalue weighted by molar-refractivity contribution is -0.147. The number of nitrogens with zero attached hydrogens (tertiary/aromatic N) is 1. The molecule has 0 aromatic heterocycles. The average molecular weight is 434 g/mol. The summed E-state index contributed by atoms with van der Waals surface area (Å²) in [5.74, 6) is -5.30. The van der Waals surface area contributed by atoms with Crippen molar-refractivity contribution in [2.45, 2.75) is 31.8 Å². The van der Waals surface area contributed by atoms with E-state index in [0.29, 0.717) is 5.92 Å². The Morgan fingerprint density at radius 2 is 1.68 bits per heavy atom. The summed E-state index contributed by atoms with van der Waals surface area (Å²) in [5, 5.41) is 3.00. The van der Waals surface area contributed by atoms with Crippen LogP contribution in [0.2, 0.25) is 0 Å². The third-order valence-corrected chi connectivity index (χ3v) is 5.43. The normalized spacial score (nSPS) is 15.5. The molecule has 31 heavy (non-hydrogen) atoms. The molecular formula is C23H25F3N2O3. The lowest BCUT2D eigenvalue weighted by Gasteiger charge is -2.27. The summed E-state index contributed by atoms with van der Waals surface area (Å²) in [5.41, 5.74) is 1.97. The zero-order chi connectivity index (χ0) is 22.7.